The molecule has 1 aliphatic carbocycles. The lowest BCUT2D eigenvalue weighted by molar-refractivity contribution is -0.135. The molecule has 0 spiro atoms. The molecular weight excluding hydrogens is 402 g/mol. The van der Waals surface area contributed by atoms with Gasteiger partial charge in [-0.15, -0.1) is 22.6 Å². The zero-order chi connectivity index (χ0) is 20.0. The second-order valence-corrected chi connectivity index (χ2v) is 8.64. The van der Waals surface area contributed by atoms with Crippen molar-refractivity contribution in [2.45, 2.75) is 57.0 Å². The van der Waals surface area contributed by atoms with Crippen molar-refractivity contribution in [3.05, 3.63) is 41.0 Å². The van der Waals surface area contributed by atoms with E-state index in [1.807, 2.05) is 6.92 Å². The second-order valence-electron chi connectivity index (χ2n) is 8.64. The van der Waals surface area contributed by atoms with E-state index in [1.54, 1.807) is 7.11 Å². The Bertz CT molecular complexity index is 932. The van der Waals surface area contributed by atoms with Crippen LogP contribution in [0.25, 0.3) is 0 Å². The first kappa shape index (κ1) is 21.1. The van der Waals surface area contributed by atoms with Gasteiger partial charge in [0, 0.05) is 32.1 Å². The minimum atomic E-state index is -0.340. The van der Waals surface area contributed by atoms with E-state index in [-0.39, 0.29) is 23.7 Å². The number of likely N-dealkylation sites (tertiary alicyclic amines) is 1. The van der Waals surface area contributed by atoms with Gasteiger partial charge in [-0.1, -0.05) is 12.1 Å². The Morgan fingerprint density at radius 1 is 1.20 bits per heavy atom. The SMILES string of the molecule is COc1cc(C2(C(=O)N3CCC(c4nnc5n4CCNC5)CC3)CC2)ccc1C.Cl. The number of benzene rings is 1. The molecule has 1 aromatic carbocycles. The Hall–Kier alpha value is -2.12. The predicted octanol–water partition coefficient (Wildman–Crippen LogP) is 2.56. The fourth-order valence-corrected chi connectivity index (χ4v) is 4.93. The number of hydrogen-bond acceptors (Lipinski definition) is 5. The number of nitrogens with zero attached hydrogens (tertiary/aromatic N) is 4. The summed E-state index contributed by atoms with van der Waals surface area (Å²) in [5, 5.41) is 12.2. The molecule has 1 saturated heterocycles. The molecule has 0 radical (unpaired) electrons. The third-order valence-corrected chi connectivity index (χ3v) is 6.92. The Kier molecular flexibility index (Phi) is 5.77. The van der Waals surface area contributed by atoms with E-state index in [4.69, 9.17) is 4.74 Å². The lowest BCUT2D eigenvalue weighted by Gasteiger charge is -2.34. The van der Waals surface area contributed by atoms with Crippen molar-refractivity contribution in [2.24, 2.45) is 0 Å². The van der Waals surface area contributed by atoms with Crippen LogP contribution < -0.4 is 10.1 Å². The fraction of sp³-hybridized carbons (Fsp3) is 0.591. The number of rotatable bonds is 4. The number of methoxy groups -OCH3 is 1. The number of aryl methyl sites for hydroxylation is 1. The van der Waals surface area contributed by atoms with Gasteiger partial charge in [-0.05, 0) is 49.8 Å². The van der Waals surface area contributed by atoms with Crippen LogP contribution in [0.3, 0.4) is 0 Å². The van der Waals surface area contributed by atoms with Gasteiger partial charge in [-0.3, -0.25) is 4.79 Å². The molecular formula is C22H30ClN5O2. The number of hydrogen-bond donors (Lipinski definition) is 1. The van der Waals surface area contributed by atoms with Crippen molar-refractivity contribution in [3.63, 3.8) is 0 Å². The number of amides is 1. The first-order valence-corrected chi connectivity index (χ1v) is 10.7. The monoisotopic (exact) mass is 431 g/mol. The van der Waals surface area contributed by atoms with E-state index in [2.05, 4.69) is 43.2 Å². The molecule has 2 aromatic rings. The Morgan fingerprint density at radius 3 is 2.67 bits per heavy atom. The third kappa shape index (κ3) is 3.48. The maximum atomic E-state index is 13.4. The van der Waals surface area contributed by atoms with Crippen molar-refractivity contribution in [3.8, 4) is 5.75 Å². The first-order chi connectivity index (χ1) is 14.1. The van der Waals surface area contributed by atoms with Crippen molar-refractivity contribution in [1.29, 1.82) is 0 Å². The number of halogens is 1. The smallest absolute Gasteiger partial charge is 0.233 e. The molecule has 7 nitrogen and oxygen atoms in total. The molecule has 2 fully saturated rings. The molecule has 3 aliphatic rings. The molecule has 0 atom stereocenters. The largest absolute Gasteiger partial charge is 0.496 e. The maximum Gasteiger partial charge on any atom is 0.233 e. The average molecular weight is 432 g/mol. The summed E-state index contributed by atoms with van der Waals surface area (Å²) in [7, 11) is 1.69. The number of carbonyl (C=O) groups excluding carboxylic acids is 1. The van der Waals surface area contributed by atoms with Gasteiger partial charge >= 0.3 is 0 Å². The van der Waals surface area contributed by atoms with Gasteiger partial charge in [0.2, 0.25) is 5.91 Å². The Morgan fingerprint density at radius 2 is 1.97 bits per heavy atom. The van der Waals surface area contributed by atoms with Crippen LogP contribution >= 0.6 is 12.4 Å². The van der Waals surface area contributed by atoms with Gasteiger partial charge in [0.05, 0.1) is 19.1 Å². The van der Waals surface area contributed by atoms with Crippen LogP contribution in [0.15, 0.2) is 18.2 Å². The quantitative estimate of drug-likeness (QED) is 0.805. The van der Waals surface area contributed by atoms with Crippen LogP contribution in [0, 0.1) is 6.92 Å². The van der Waals surface area contributed by atoms with Crippen LogP contribution in [-0.2, 0) is 23.3 Å². The van der Waals surface area contributed by atoms with E-state index < -0.39 is 0 Å². The highest BCUT2D eigenvalue weighted by Crippen LogP contribution is 2.51. The summed E-state index contributed by atoms with van der Waals surface area (Å²) in [6, 6.07) is 6.23. The molecule has 162 valence electrons. The number of nitrogens with one attached hydrogen (secondary N) is 1. The molecule has 2 aliphatic heterocycles. The van der Waals surface area contributed by atoms with Gasteiger partial charge in [-0.2, -0.15) is 0 Å². The van der Waals surface area contributed by atoms with Gasteiger partial charge in [0.1, 0.15) is 17.4 Å². The predicted molar refractivity (Wildman–Crippen MR) is 116 cm³/mol. The van der Waals surface area contributed by atoms with Crippen molar-refractivity contribution in [1.82, 2.24) is 25.0 Å². The Balaban J connectivity index is 0.00000218. The normalized spacial score (nSPS) is 20.3. The van der Waals surface area contributed by atoms with Crippen molar-refractivity contribution in [2.75, 3.05) is 26.7 Å². The van der Waals surface area contributed by atoms with Gasteiger partial charge < -0.3 is 19.5 Å². The Labute approximate surface area is 183 Å². The highest BCUT2D eigenvalue weighted by molar-refractivity contribution is 5.91. The lowest BCUT2D eigenvalue weighted by Crippen LogP contribution is -2.44. The van der Waals surface area contributed by atoms with Crippen LogP contribution in [0.5, 0.6) is 5.75 Å². The summed E-state index contributed by atoms with van der Waals surface area (Å²) in [5.41, 5.74) is 1.87. The summed E-state index contributed by atoms with van der Waals surface area (Å²) < 4.78 is 7.77. The number of aromatic nitrogens is 3. The molecule has 30 heavy (non-hydrogen) atoms. The zero-order valence-corrected chi connectivity index (χ0v) is 18.5. The molecule has 0 unspecified atom stereocenters. The molecule has 1 aromatic heterocycles. The van der Waals surface area contributed by atoms with Crippen LogP contribution in [-0.4, -0.2) is 52.3 Å². The lowest BCUT2D eigenvalue weighted by atomic mass is 9.90. The number of ether oxygens (including phenoxy) is 1. The van der Waals surface area contributed by atoms with Gasteiger partial charge in [0.15, 0.2) is 0 Å². The standard InChI is InChI=1S/C22H29N5O2.ClH/c1-15-3-4-17(13-18(15)29-2)22(7-8-22)21(28)26-10-5-16(6-11-26)20-25-24-19-14-23-9-12-27(19)20;/h3-4,13,16,23H,5-12,14H2,1-2H3;1H. The first-order valence-electron chi connectivity index (χ1n) is 10.7. The van der Waals surface area contributed by atoms with E-state index in [0.717, 1.165) is 86.9 Å². The highest BCUT2D eigenvalue weighted by Gasteiger charge is 2.53. The van der Waals surface area contributed by atoms with E-state index in [9.17, 15) is 4.79 Å². The summed E-state index contributed by atoms with van der Waals surface area (Å²) in [5.74, 6) is 3.70. The van der Waals surface area contributed by atoms with Gasteiger partial charge in [0.25, 0.3) is 0 Å². The number of fused-ring (bicyclic) bond motifs is 1. The number of piperidine rings is 1. The fourth-order valence-electron chi connectivity index (χ4n) is 4.93. The summed E-state index contributed by atoms with van der Waals surface area (Å²) >= 11 is 0. The van der Waals surface area contributed by atoms with Crippen LogP contribution in [0.2, 0.25) is 0 Å². The van der Waals surface area contributed by atoms with Crippen molar-refractivity contribution < 1.29 is 9.53 Å². The maximum absolute atomic E-state index is 13.4. The molecule has 5 rings (SSSR count). The minimum absolute atomic E-state index is 0. The second kappa shape index (κ2) is 8.19. The van der Waals surface area contributed by atoms with E-state index in [1.165, 1.54) is 0 Å². The summed E-state index contributed by atoms with van der Waals surface area (Å²) in [6.07, 6.45) is 3.79. The molecule has 8 heteroatoms. The zero-order valence-electron chi connectivity index (χ0n) is 17.7. The highest BCUT2D eigenvalue weighted by atomic mass is 35.5. The number of carbonyl (C=O) groups is 1. The van der Waals surface area contributed by atoms with Crippen LogP contribution in [0.4, 0.5) is 0 Å². The molecule has 1 N–H and O–H groups in total. The minimum Gasteiger partial charge on any atom is -0.496 e. The van der Waals surface area contributed by atoms with Crippen LogP contribution in [0.1, 0.15) is 54.4 Å². The van der Waals surface area contributed by atoms with E-state index >= 15 is 0 Å². The van der Waals surface area contributed by atoms with Crippen molar-refractivity contribution >= 4 is 18.3 Å². The average Bonchev–Trinajstić information content (AvgIpc) is 3.46. The van der Waals surface area contributed by atoms with E-state index in [0.29, 0.717) is 5.92 Å². The molecule has 1 saturated carbocycles. The molecule has 3 heterocycles. The molecule has 0 bridgehead atoms. The summed E-state index contributed by atoms with van der Waals surface area (Å²) in [4.78, 5) is 15.5. The van der Waals surface area contributed by atoms with Gasteiger partial charge in [-0.25, -0.2) is 0 Å². The molecule has 1 amide bonds. The third-order valence-electron chi connectivity index (χ3n) is 6.92. The summed E-state index contributed by atoms with van der Waals surface area (Å²) in [6.45, 7) is 6.34. The topological polar surface area (TPSA) is 72.3 Å².